The maximum atomic E-state index is 13.5. The van der Waals surface area contributed by atoms with Gasteiger partial charge in [-0.15, -0.1) is 0 Å². The Kier molecular flexibility index (Phi) is 12.1. The van der Waals surface area contributed by atoms with Gasteiger partial charge >= 0.3 is 12.1 Å². The Morgan fingerprint density at radius 2 is 1.78 bits per heavy atom. The van der Waals surface area contributed by atoms with Crippen molar-refractivity contribution in [2.24, 2.45) is 16.6 Å². The molecular weight excluding hydrogens is 675 g/mol. The summed E-state index contributed by atoms with van der Waals surface area (Å²) in [6.45, 7) is 17.5. The highest BCUT2D eigenvalue weighted by atomic mass is 79.9. The van der Waals surface area contributed by atoms with Crippen LogP contribution in [0.5, 0.6) is 0 Å². The standard InChI is InChI=1S/C32H46BrFN6O5Si/c1-31(2,3)45-30(43)40(17-18-44-46(7,8)32(4,5)6)26-12-10-23(20-36-26)38-29(42)39-15-13-21(14-16-39)27(41)28(35)37-22-9-11-25(34)24(33)19-22/h9-12,19-21H,13-18H2,1-8H3,(H2,35,37)(H,38,42). The normalized spacial score (nSPS) is 15.0. The fraction of sp³-hybridized carbons (Fsp3) is 0.531. The summed E-state index contributed by atoms with van der Waals surface area (Å²) in [4.78, 5) is 50.6. The summed E-state index contributed by atoms with van der Waals surface area (Å²) in [7, 11) is -2.03. The van der Waals surface area contributed by atoms with Crippen molar-refractivity contribution in [1.82, 2.24) is 9.88 Å². The number of ether oxygens (including phenoxy) is 1. The van der Waals surface area contributed by atoms with Crippen LogP contribution in [0.4, 0.5) is 31.2 Å². The molecule has 0 aliphatic carbocycles. The molecule has 1 aliphatic rings. The van der Waals surface area contributed by atoms with Crippen molar-refractivity contribution in [3.05, 3.63) is 46.8 Å². The minimum Gasteiger partial charge on any atom is -0.443 e. The number of Topliss-reactive ketones (excluding diaryl/α,β-unsaturated/α-hetero) is 1. The molecule has 1 fully saturated rings. The number of rotatable bonds is 9. The Balaban J connectivity index is 1.59. The third-order valence-corrected chi connectivity index (χ3v) is 13.2. The lowest BCUT2D eigenvalue weighted by Gasteiger charge is -2.36. The van der Waals surface area contributed by atoms with Crippen LogP contribution in [0.15, 0.2) is 46.0 Å². The summed E-state index contributed by atoms with van der Waals surface area (Å²) >= 11 is 3.10. The van der Waals surface area contributed by atoms with Crippen LogP contribution in [-0.4, -0.2) is 73.8 Å². The number of carbonyl (C=O) groups is 3. The van der Waals surface area contributed by atoms with E-state index in [9.17, 15) is 18.8 Å². The van der Waals surface area contributed by atoms with E-state index in [1.807, 2.05) is 0 Å². The average molecular weight is 722 g/mol. The van der Waals surface area contributed by atoms with Gasteiger partial charge in [0.2, 0.25) is 5.78 Å². The lowest BCUT2D eigenvalue weighted by Crippen LogP contribution is -2.44. The average Bonchev–Trinajstić information content (AvgIpc) is 2.96. The van der Waals surface area contributed by atoms with E-state index in [2.05, 4.69) is 65.1 Å². The number of halogens is 2. The van der Waals surface area contributed by atoms with E-state index in [-0.39, 0.29) is 39.6 Å². The van der Waals surface area contributed by atoms with Crippen molar-refractivity contribution < 1.29 is 27.9 Å². The van der Waals surface area contributed by atoms with Crippen LogP contribution in [0.25, 0.3) is 0 Å². The molecular formula is C32H46BrFN6O5Si. The van der Waals surface area contributed by atoms with E-state index in [0.717, 1.165) is 0 Å². The minimum atomic E-state index is -2.03. The second-order valence-corrected chi connectivity index (χ2v) is 19.5. The molecule has 0 saturated carbocycles. The number of anilines is 2. The van der Waals surface area contributed by atoms with Gasteiger partial charge in [0.25, 0.3) is 0 Å². The monoisotopic (exact) mass is 720 g/mol. The van der Waals surface area contributed by atoms with Crippen LogP contribution < -0.4 is 16.0 Å². The number of benzene rings is 1. The molecule has 2 heterocycles. The molecule has 1 saturated heterocycles. The number of aromatic nitrogens is 1. The number of hydrogen-bond donors (Lipinski definition) is 2. The first-order valence-electron chi connectivity index (χ1n) is 15.3. The molecule has 3 amide bonds. The smallest absolute Gasteiger partial charge is 0.416 e. The first kappa shape index (κ1) is 37.1. The molecule has 2 aromatic rings. The maximum Gasteiger partial charge on any atom is 0.416 e. The van der Waals surface area contributed by atoms with E-state index >= 15 is 0 Å². The number of amidine groups is 1. The summed E-state index contributed by atoms with van der Waals surface area (Å²) in [5, 5.41) is 2.86. The van der Waals surface area contributed by atoms with Gasteiger partial charge in [0.15, 0.2) is 14.2 Å². The predicted molar refractivity (Wildman–Crippen MR) is 185 cm³/mol. The summed E-state index contributed by atoms with van der Waals surface area (Å²) in [6.07, 6.45) is 1.80. The molecule has 0 atom stereocenters. The molecule has 252 valence electrons. The zero-order valence-electron chi connectivity index (χ0n) is 27.9. The minimum absolute atomic E-state index is 0.0251. The van der Waals surface area contributed by atoms with Gasteiger partial charge in [0, 0.05) is 19.0 Å². The molecule has 14 heteroatoms. The van der Waals surface area contributed by atoms with Crippen LogP contribution in [0.2, 0.25) is 18.1 Å². The predicted octanol–water partition coefficient (Wildman–Crippen LogP) is 7.25. The number of amides is 3. The van der Waals surface area contributed by atoms with Crippen LogP contribution in [0.1, 0.15) is 54.4 Å². The highest BCUT2D eigenvalue weighted by molar-refractivity contribution is 9.10. The van der Waals surface area contributed by atoms with E-state index in [1.165, 1.54) is 29.3 Å². The number of hydrogen-bond acceptors (Lipinski definition) is 7. The SMILES string of the molecule is CC(C)(C)OC(=O)N(CCO[Si](C)(C)C(C)(C)C)c1ccc(NC(=O)N2CCC(C(=O)C(N)=Nc3ccc(F)c(Br)c3)CC2)cn1. The van der Waals surface area contributed by atoms with Gasteiger partial charge in [-0.05, 0) is 98.0 Å². The summed E-state index contributed by atoms with van der Waals surface area (Å²) in [5.74, 6) is -0.898. The number of carbonyl (C=O) groups excluding carboxylic acids is 3. The lowest BCUT2D eigenvalue weighted by atomic mass is 9.92. The molecule has 0 spiro atoms. The molecule has 0 unspecified atom stereocenters. The van der Waals surface area contributed by atoms with Crippen LogP contribution in [0, 0.1) is 11.7 Å². The van der Waals surface area contributed by atoms with E-state index < -0.39 is 25.8 Å². The van der Waals surface area contributed by atoms with Crippen molar-refractivity contribution in [2.45, 2.75) is 78.1 Å². The molecule has 0 bridgehead atoms. The first-order chi connectivity index (χ1) is 21.3. The van der Waals surface area contributed by atoms with Crippen molar-refractivity contribution in [2.75, 3.05) is 36.5 Å². The molecule has 0 radical (unpaired) electrons. The third-order valence-electron chi connectivity index (χ3n) is 8.03. The van der Waals surface area contributed by atoms with E-state index in [0.29, 0.717) is 49.7 Å². The second kappa shape index (κ2) is 15.0. The Bertz CT molecular complexity index is 1430. The summed E-state index contributed by atoms with van der Waals surface area (Å²) in [6, 6.07) is 7.12. The number of nitrogens with two attached hydrogens (primary N) is 1. The fourth-order valence-electron chi connectivity index (χ4n) is 4.35. The van der Waals surface area contributed by atoms with Crippen molar-refractivity contribution >= 4 is 65.2 Å². The third kappa shape index (κ3) is 10.3. The van der Waals surface area contributed by atoms with Crippen LogP contribution in [0.3, 0.4) is 0 Å². The Morgan fingerprint density at radius 1 is 1.13 bits per heavy atom. The molecule has 11 nitrogen and oxygen atoms in total. The van der Waals surface area contributed by atoms with Crippen molar-refractivity contribution in [1.29, 1.82) is 0 Å². The van der Waals surface area contributed by atoms with E-state index in [1.54, 1.807) is 37.8 Å². The molecule has 1 aromatic carbocycles. The first-order valence-corrected chi connectivity index (χ1v) is 19.0. The molecule has 1 aromatic heterocycles. The number of piperidine rings is 1. The second-order valence-electron chi connectivity index (χ2n) is 13.8. The quantitative estimate of drug-likeness (QED) is 0.158. The largest absolute Gasteiger partial charge is 0.443 e. The number of urea groups is 1. The summed E-state index contributed by atoms with van der Waals surface area (Å²) in [5.41, 5.74) is 6.09. The molecule has 1 aliphatic heterocycles. The van der Waals surface area contributed by atoms with Crippen LogP contribution >= 0.6 is 15.9 Å². The topological polar surface area (TPSA) is 139 Å². The highest BCUT2D eigenvalue weighted by Crippen LogP contribution is 2.36. The fourth-order valence-corrected chi connectivity index (χ4v) is 5.75. The molecule has 3 rings (SSSR count). The van der Waals surface area contributed by atoms with Crippen LogP contribution in [-0.2, 0) is 14.0 Å². The number of pyridine rings is 1. The number of nitrogens with one attached hydrogen (secondary N) is 1. The zero-order valence-corrected chi connectivity index (χ0v) is 30.5. The van der Waals surface area contributed by atoms with Gasteiger partial charge in [-0.25, -0.2) is 24.0 Å². The van der Waals surface area contributed by atoms with Gasteiger partial charge < -0.3 is 25.1 Å². The van der Waals surface area contributed by atoms with Gasteiger partial charge in [-0.1, -0.05) is 20.8 Å². The van der Waals surface area contributed by atoms with E-state index in [4.69, 9.17) is 14.9 Å². The Morgan fingerprint density at radius 3 is 2.33 bits per heavy atom. The highest BCUT2D eigenvalue weighted by Gasteiger charge is 2.37. The van der Waals surface area contributed by atoms with Gasteiger partial charge in [-0.3, -0.25) is 9.69 Å². The number of ketones is 1. The van der Waals surface area contributed by atoms with Crippen molar-refractivity contribution in [3.8, 4) is 0 Å². The van der Waals surface area contributed by atoms with Gasteiger partial charge in [0.05, 0.1) is 35.2 Å². The van der Waals surface area contributed by atoms with Gasteiger partial charge in [0.1, 0.15) is 17.2 Å². The number of nitrogens with zero attached hydrogens (tertiary/aromatic N) is 4. The van der Waals surface area contributed by atoms with Crippen molar-refractivity contribution in [3.63, 3.8) is 0 Å². The molecule has 3 N–H and O–H groups in total. The lowest BCUT2D eigenvalue weighted by molar-refractivity contribution is -0.117. The zero-order chi connectivity index (χ0) is 34.4. The number of aliphatic imine (C=N–C) groups is 1. The molecule has 46 heavy (non-hydrogen) atoms. The maximum absolute atomic E-state index is 13.5. The Hall–Kier alpha value is -3.36. The van der Waals surface area contributed by atoms with Gasteiger partial charge in [-0.2, -0.15) is 0 Å². The number of likely N-dealkylation sites (tertiary alicyclic amines) is 1. The summed E-state index contributed by atoms with van der Waals surface area (Å²) < 4.78 is 25.6. The Labute approximate surface area is 280 Å².